The molecular formula is C16H12N4O2. The van der Waals surface area contributed by atoms with Crippen molar-refractivity contribution in [3.05, 3.63) is 57.6 Å². The van der Waals surface area contributed by atoms with E-state index in [9.17, 15) is 4.79 Å². The molecule has 1 aliphatic rings. The molecule has 6 nitrogen and oxygen atoms in total. The lowest BCUT2D eigenvalue weighted by atomic mass is 10.1. The predicted octanol–water partition coefficient (Wildman–Crippen LogP) is 2.43. The number of para-hydroxylation sites is 1. The first-order valence-corrected chi connectivity index (χ1v) is 6.78. The minimum Gasteiger partial charge on any atom is -0.382 e. The zero-order valence-corrected chi connectivity index (χ0v) is 11.8. The van der Waals surface area contributed by atoms with Crippen LogP contribution in [0.5, 0.6) is 0 Å². The molecule has 0 atom stereocenters. The third-order valence-electron chi connectivity index (χ3n) is 3.57. The van der Waals surface area contributed by atoms with E-state index >= 15 is 0 Å². The lowest BCUT2D eigenvalue weighted by Crippen LogP contribution is -2.16. The molecule has 6 heteroatoms. The topological polar surface area (TPSA) is 85.9 Å². The van der Waals surface area contributed by atoms with E-state index in [-0.39, 0.29) is 11.4 Å². The number of hydrogen-bond donors (Lipinski definition) is 1. The molecule has 0 spiro atoms. The molecule has 0 amide bonds. The van der Waals surface area contributed by atoms with Crippen LogP contribution in [0.3, 0.4) is 0 Å². The van der Waals surface area contributed by atoms with Crippen LogP contribution in [0.1, 0.15) is 16.9 Å². The fourth-order valence-electron chi connectivity index (χ4n) is 2.54. The second-order valence-corrected chi connectivity index (χ2v) is 5.09. The fraction of sp³-hybridized carbons (Fsp3) is 0.0625. The van der Waals surface area contributed by atoms with Crippen LogP contribution in [0.25, 0.3) is 17.3 Å². The molecule has 0 aliphatic carbocycles. The number of benzene rings is 1. The van der Waals surface area contributed by atoms with Crippen LogP contribution in [0.15, 0.2) is 44.6 Å². The Balaban J connectivity index is 1.95. The van der Waals surface area contributed by atoms with Crippen molar-refractivity contribution in [3.8, 4) is 0 Å². The summed E-state index contributed by atoms with van der Waals surface area (Å²) in [6.45, 7) is 1.77. The van der Waals surface area contributed by atoms with E-state index in [0.29, 0.717) is 17.0 Å². The van der Waals surface area contributed by atoms with Crippen LogP contribution in [-0.2, 0) is 0 Å². The summed E-state index contributed by atoms with van der Waals surface area (Å²) in [7, 11) is 0. The van der Waals surface area contributed by atoms with Gasteiger partial charge in [-0.05, 0) is 19.1 Å². The summed E-state index contributed by atoms with van der Waals surface area (Å²) in [4.78, 5) is 20.5. The summed E-state index contributed by atoms with van der Waals surface area (Å²) >= 11 is 0. The predicted molar refractivity (Wildman–Crippen MR) is 85.3 cm³/mol. The zero-order valence-electron chi connectivity index (χ0n) is 11.8. The van der Waals surface area contributed by atoms with E-state index in [1.54, 1.807) is 25.3 Å². The number of hydrogen-bond acceptors (Lipinski definition) is 5. The highest BCUT2D eigenvalue weighted by Gasteiger charge is 2.16. The number of nitrogens with zero attached hydrogens (tertiary/aromatic N) is 3. The van der Waals surface area contributed by atoms with E-state index in [2.05, 4.69) is 9.98 Å². The van der Waals surface area contributed by atoms with Crippen molar-refractivity contribution >= 4 is 35.0 Å². The van der Waals surface area contributed by atoms with Gasteiger partial charge in [0, 0.05) is 23.4 Å². The van der Waals surface area contributed by atoms with Gasteiger partial charge >= 0.3 is 0 Å². The molecule has 2 aromatic heterocycles. The van der Waals surface area contributed by atoms with Crippen molar-refractivity contribution in [2.45, 2.75) is 6.92 Å². The largest absolute Gasteiger partial charge is 0.382 e. The Bertz CT molecular complexity index is 1020. The molecule has 22 heavy (non-hydrogen) atoms. The normalized spacial score (nSPS) is 14.9. The number of aliphatic imine (C=N–C) groups is 1. The van der Waals surface area contributed by atoms with Gasteiger partial charge in [-0.25, -0.2) is 0 Å². The lowest BCUT2D eigenvalue weighted by Gasteiger charge is -2.03. The molecule has 0 unspecified atom stereocenters. The van der Waals surface area contributed by atoms with Gasteiger partial charge in [-0.1, -0.05) is 18.2 Å². The number of aromatic nitrogens is 2. The molecule has 0 fully saturated rings. The molecule has 0 radical (unpaired) electrons. The monoisotopic (exact) mass is 292 g/mol. The maximum atomic E-state index is 12.2. The summed E-state index contributed by atoms with van der Waals surface area (Å²) < 4.78 is 6.82. The van der Waals surface area contributed by atoms with E-state index < -0.39 is 0 Å². The Labute approximate surface area is 125 Å². The first-order valence-electron chi connectivity index (χ1n) is 6.78. The van der Waals surface area contributed by atoms with Crippen LogP contribution in [0.4, 0.5) is 11.5 Å². The Morgan fingerprint density at radius 3 is 3.00 bits per heavy atom. The molecule has 0 bridgehead atoms. The average Bonchev–Trinajstić information content (AvgIpc) is 3.07. The van der Waals surface area contributed by atoms with Crippen LogP contribution >= 0.6 is 0 Å². The average molecular weight is 292 g/mol. The van der Waals surface area contributed by atoms with Crippen molar-refractivity contribution in [2.75, 3.05) is 5.73 Å². The minimum absolute atomic E-state index is 0.230. The van der Waals surface area contributed by atoms with Gasteiger partial charge in [-0.3, -0.25) is 9.79 Å². The van der Waals surface area contributed by atoms with E-state index in [1.807, 2.05) is 24.3 Å². The molecule has 4 rings (SSSR count). The van der Waals surface area contributed by atoms with Crippen LogP contribution in [0, 0.1) is 6.92 Å². The summed E-state index contributed by atoms with van der Waals surface area (Å²) in [5, 5.41) is 0. The molecular weight excluding hydrogens is 280 g/mol. The summed E-state index contributed by atoms with van der Waals surface area (Å²) in [5.41, 5.74) is 9.04. The highest BCUT2D eigenvalue weighted by molar-refractivity contribution is 6.21. The number of allylic oxidation sites excluding steroid dienone is 1. The van der Waals surface area contributed by atoms with Gasteiger partial charge in [0.2, 0.25) is 0 Å². The molecule has 1 aromatic carbocycles. The van der Waals surface area contributed by atoms with Crippen molar-refractivity contribution in [1.29, 1.82) is 0 Å². The highest BCUT2D eigenvalue weighted by atomic mass is 16.5. The molecule has 2 N–H and O–H groups in total. The van der Waals surface area contributed by atoms with Crippen LogP contribution < -0.4 is 11.3 Å². The van der Waals surface area contributed by atoms with Gasteiger partial charge in [0.05, 0.1) is 11.3 Å². The third kappa shape index (κ3) is 1.77. The lowest BCUT2D eigenvalue weighted by molar-refractivity contribution is 0.358. The molecule has 1 aliphatic heterocycles. The maximum Gasteiger partial charge on any atom is 0.282 e. The molecule has 108 valence electrons. The van der Waals surface area contributed by atoms with E-state index in [0.717, 1.165) is 16.8 Å². The second kappa shape index (κ2) is 4.42. The van der Waals surface area contributed by atoms with Gasteiger partial charge in [-0.15, -0.1) is 4.57 Å². The standard InChI is InChI=1S/C16H12N4O2/c1-9-6-14-19-16(21)12(15(17)20(14)22-9)7-10-8-18-13-5-3-2-4-11(10)13/h2-8H,17H2,1H3. The Kier molecular flexibility index (Phi) is 2.53. The number of anilines is 1. The highest BCUT2D eigenvalue weighted by Crippen LogP contribution is 2.32. The number of fused-ring (bicyclic) bond motifs is 2. The quantitative estimate of drug-likeness (QED) is 0.746. The van der Waals surface area contributed by atoms with Gasteiger partial charge < -0.3 is 10.3 Å². The van der Waals surface area contributed by atoms with Gasteiger partial charge in [0.25, 0.3) is 5.56 Å². The Hall–Kier alpha value is -3.15. The number of rotatable bonds is 1. The minimum atomic E-state index is -0.386. The van der Waals surface area contributed by atoms with Gasteiger partial charge in [0.1, 0.15) is 5.76 Å². The van der Waals surface area contributed by atoms with Crippen molar-refractivity contribution in [3.63, 3.8) is 0 Å². The van der Waals surface area contributed by atoms with E-state index in [4.69, 9.17) is 10.3 Å². The zero-order chi connectivity index (χ0) is 15.3. The number of nitrogens with two attached hydrogens (primary N) is 1. The van der Waals surface area contributed by atoms with Crippen molar-refractivity contribution < 1.29 is 4.52 Å². The van der Waals surface area contributed by atoms with E-state index in [1.165, 1.54) is 4.57 Å². The van der Waals surface area contributed by atoms with Gasteiger partial charge in [0.15, 0.2) is 11.5 Å². The van der Waals surface area contributed by atoms with Crippen molar-refractivity contribution in [2.24, 2.45) is 4.99 Å². The maximum absolute atomic E-state index is 12.2. The fourth-order valence-corrected chi connectivity index (χ4v) is 2.54. The first kappa shape index (κ1) is 12.6. The van der Waals surface area contributed by atoms with Crippen molar-refractivity contribution in [1.82, 2.24) is 9.56 Å². The number of aryl methyl sites for hydroxylation is 1. The molecule has 0 saturated carbocycles. The van der Waals surface area contributed by atoms with Crippen LogP contribution in [0.2, 0.25) is 0 Å². The SMILES string of the molecule is Cc1cc2nc(=O)c(C=C3C=Nc4ccccc43)c(N)n2o1. The molecule has 0 saturated heterocycles. The first-order chi connectivity index (χ1) is 10.6. The smallest absolute Gasteiger partial charge is 0.282 e. The second-order valence-electron chi connectivity index (χ2n) is 5.09. The Morgan fingerprint density at radius 2 is 2.14 bits per heavy atom. The third-order valence-corrected chi connectivity index (χ3v) is 3.57. The number of nitrogen functional groups attached to an aromatic ring is 1. The summed E-state index contributed by atoms with van der Waals surface area (Å²) in [6, 6.07) is 9.38. The Morgan fingerprint density at radius 1 is 1.32 bits per heavy atom. The summed E-state index contributed by atoms with van der Waals surface area (Å²) in [5.74, 6) is 0.865. The molecule has 3 heterocycles. The van der Waals surface area contributed by atoms with Gasteiger partial charge in [-0.2, -0.15) is 4.98 Å². The van der Waals surface area contributed by atoms with Crippen LogP contribution in [-0.4, -0.2) is 15.8 Å². The molecule has 3 aromatic rings. The summed E-state index contributed by atoms with van der Waals surface area (Å²) in [6.07, 6.45) is 3.41.